The number of thiophene rings is 1. The molecule has 3 aliphatic rings. The van der Waals surface area contributed by atoms with Gasteiger partial charge in [0.05, 0.1) is 26.7 Å². The van der Waals surface area contributed by atoms with Crippen molar-refractivity contribution in [3.8, 4) is 39.2 Å². The first kappa shape index (κ1) is 33.7. The molecule has 3 aliphatic carbocycles. The monoisotopic (exact) mass is 794 g/mol. The van der Waals surface area contributed by atoms with Crippen molar-refractivity contribution in [2.45, 2.75) is 25.7 Å². The predicted molar refractivity (Wildman–Crippen MR) is 257 cm³/mol. The largest absolute Gasteiger partial charge is 0.293 e. The van der Waals surface area contributed by atoms with Gasteiger partial charge in [0.15, 0.2) is 0 Å². The van der Waals surface area contributed by atoms with Gasteiger partial charge in [-0.25, -0.2) is 4.98 Å². The van der Waals surface area contributed by atoms with Gasteiger partial charge in [0.2, 0.25) is 0 Å². The average molecular weight is 795 g/mol. The third kappa shape index (κ3) is 4.29. The van der Waals surface area contributed by atoms with Gasteiger partial charge in [-0.2, -0.15) is 0 Å². The van der Waals surface area contributed by atoms with Crippen LogP contribution in [0.25, 0.3) is 98.2 Å². The first-order valence-corrected chi connectivity index (χ1v) is 22.3. The van der Waals surface area contributed by atoms with E-state index >= 15 is 0 Å². The van der Waals surface area contributed by atoms with Gasteiger partial charge in [0, 0.05) is 37.5 Å². The highest BCUT2D eigenvalue weighted by Crippen LogP contribution is 2.63. The topological polar surface area (TPSA) is 17.8 Å². The lowest BCUT2D eigenvalue weighted by molar-refractivity contribution is 0.718. The summed E-state index contributed by atoms with van der Waals surface area (Å²) in [6, 6.07) is 61.8. The van der Waals surface area contributed by atoms with Crippen LogP contribution in [0.1, 0.15) is 45.9 Å². The zero-order valence-electron chi connectivity index (χ0n) is 33.8. The summed E-state index contributed by atoms with van der Waals surface area (Å²) in [5.74, 6) is 1.50. The quantitative estimate of drug-likeness (QED) is 0.170. The average Bonchev–Trinajstić information content (AvgIpc) is 4.01. The Morgan fingerprint density at radius 3 is 2.00 bits per heavy atom. The van der Waals surface area contributed by atoms with Crippen molar-refractivity contribution in [2.75, 3.05) is 0 Å². The number of pyridine rings is 1. The highest BCUT2D eigenvalue weighted by molar-refractivity contribution is 7.26. The van der Waals surface area contributed by atoms with Crippen LogP contribution in [0, 0.1) is 12.8 Å². The van der Waals surface area contributed by atoms with Gasteiger partial charge < -0.3 is 0 Å². The Kier molecular flexibility index (Phi) is 6.65. The Balaban J connectivity index is 1.10. The van der Waals surface area contributed by atoms with E-state index in [1.165, 1.54) is 120 Å². The van der Waals surface area contributed by atoms with E-state index in [4.69, 9.17) is 4.98 Å². The minimum atomic E-state index is -0.376. The Hall–Kier alpha value is -7.07. The lowest BCUT2D eigenvalue weighted by Crippen LogP contribution is -2.25. The smallest absolute Gasteiger partial charge is 0.142 e. The molecule has 1 atom stereocenters. The molecule has 0 aliphatic heterocycles. The molecule has 0 saturated heterocycles. The van der Waals surface area contributed by atoms with Gasteiger partial charge in [-0.3, -0.25) is 4.57 Å². The molecule has 61 heavy (non-hydrogen) atoms. The van der Waals surface area contributed by atoms with Crippen LogP contribution >= 0.6 is 11.3 Å². The van der Waals surface area contributed by atoms with E-state index < -0.39 is 0 Å². The normalized spacial score (nSPS) is 15.5. The number of fused-ring (bicyclic) bond motifs is 19. The number of nitrogens with zero attached hydrogens (tertiary/aromatic N) is 2. The Morgan fingerprint density at radius 1 is 0.607 bits per heavy atom. The molecule has 0 N–H and O–H groups in total. The van der Waals surface area contributed by atoms with E-state index in [1.807, 2.05) is 11.3 Å². The summed E-state index contributed by atoms with van der Waals surface area (Å²) in [4.78, 5) is 5.80. The maximum atomic E-state index is 5.80. The molecule has 3 aromatic heterocycles. The standard InChI is InChI=1S/C58H38N2S/c1-33-23-26-39-37(29-33)24-27-43-46-30-35-13-3-4-14-36(35)32-51(46)60(55(39)43)57-34(2)53(56-54(59-57)44-18-8-12-22-52(44)61-56)38-25-28-50-45(31-38)42-17-7-11-21-49(42)58(50)47-19-9-5-15-40(47)41-16-6-10-20-48(41)58/h3-28,30-33H,29H2,1-2H3. The fourth-order valence-corrected chi connectivity index (χ4v) is 13.0. The van der Waals surface area contributed by atoms with E-state index in [9.17, 15) is 0 Å². The molecule has 0 saturated carbocycles. The minimum absolute atomic E-state index is 0.376. The molecule has 286 valence electrons. The molecule has 0 radical (unpaired) electrons. The van der Waals surface area contributed by atoms with Crippen molar-refractivity contribution in [3.63, 3.8) is 0 Å². The molecule has 3 heteroatoms. The number of hydrogen-bond acceptors (Lipinski definition) is 2. The summed E-state index contributed by atoms with van der Waals surface area (Å²) in [7, 11) is 0. The van der Waals surface area contributed by atoms with Crippen LogP contribution in [0.2, 0.25) is 0 Å². The third-order valence-electron chi connectivity index (χ3n) is 14.3. The minimum Gasteiger partial charge on any atom is -0.293 e. The first-order valence-electron chi connectivity index (χ1n) is 21.5. The van der Waals surface area contributed by atoms with Crippen LogP contribution in [0.3, 0.4) is 0 Å². The molecule has 0 fully saturated rings. The lowest BCUT2D eigenvalue weighted by Gasteiger charge is -2.30. The molecule has 8 aromatic carbocycles. The van der Waals surface area contributed by atoms with Gasteiger partial charge in [-0.05, 0) is 110 Å². The fraction of sp³-hybridized carbons (Fsp3) is 0.0862. The number of allylic oxidation sites excluding steroid dienone is 1. The summed E-state index contributed by atoms with van der Waals surface area (Å²) in [5, 5.41) is 6.23. The molecule has 11 aromatic rings. The van der Waals surface area contributed by atoms with Crippen LogP contribution < -0.4 is 0 Å². The second kappa shape index (κ2) is 12.0. The molecule has 0 amide bonds. The molecule has 2 nitrogen and oxygen atoms in total. The van der Waals surface area contributed by atoms with Crippen molar-refractivity contribution in [3.05, 3.63) is 209 Å². The van der Waals surface area contributed by atoms with Crippen LogP contribution in [-0.4, -0.2) is 9.55 Å². The third-order valence-corrected chi connectivity index (χ3v) is 15.5. The van der Waals surface area contributed by atoms with Gasteiger partial charge in [0.25, 0.3) is 0 Å². The molecule has 0 bridgehead atoms. The lowest BCUT2D eigenvalue weighted by atomic mass is 9.70. The van der Waals surface area contributed by atoms with Crippen molar-refractivity contribution >= 4 is 70.3 Å². The number of rotatable bonds is 2. The Labute approximate surface area is 357 Å². The van der Waals surface area contributed by atoms with Crippen molar-refractivity contribution in [1.82, 2.24) is 9.55 Å². The molecular formula is C58H38N2S. The number of aromatic nitrogens is 2. The van der Waals surface area contributed by atoms with Gasteiger partial charge >= 0.3 is 0 Å². The second-order valence-corrected chi connectivity index (χ2v) is 18.5. The van der Waals surface area contributed by atoms with E-state index in [1.54, 1.807) is 0 Å². The highest BCUT2D eigenvalue weighted by Gasteiger charge is 2.51. The van der Waals surface area contributed by atoms with Gasteiger partial charge in [0.1, 0.15) is 5.82 Å². The maximum Gasteiger partial charge on any atom is 0.142 e. The van der Waals surface area contributed by atoms with E-state index in [0.29, 0.717) is 5.92 Å². The fourth-order valence-electron chi connectivity index (χ4n) is 11.7. The molecule has 1 spiro atoms. The zero-order valence-corrected chi connectivity index (χ0v) is 34.6. The summed E-state index contributed by atoms with van der Waals surface area (Å²) in [6.07, 6.45) is 5.80. The summed E-state index contributed by atoms with van der Waals surface area (Å²) >= 11 is 1.87. The van der Waals surface area contributed by atoms with E-state index in [-0.39, 0.29) is 5.41 Å². The SMILES string of the molecule is Cc1c(-n2c3cc4ccccc4cc3c3ccc4c(c32)C=CC(C)C4)nc2c(sc3ccccc32)c1-c1ccc2c(c1)-c1ccccc1C21c2ccccc2-c2ccccc21. The van der Waals surface area contributed by atoms with Gasteiger partial charge in [-0.1, -0.05) is 159 Å². The maximum absolute atomic E-state index is 5.80. The number of benzene rings is 8. The van der Waals surface area contributed by atoms with Crippen molar-refractivity contribution < 1.29 is 0 Å². The zero-order chi connectivity index (χ0) is 40.1. The molecule has 3 heterocycles. The van der Waals surface area contributed by atoms with Crippen LogP contribution in [0.5, 0.6) is 0 Å². The first-order chi connectivity index (χ1) is 30.1. The van der Waals surface area contributed by atoms with E-state index in [2.05, 4.69) is 194 Å². The van der Waals surface area contributed by atoms with Crippen molar-refractivity contribution in [2.24, 2.45) is 5.92 Å². The van der Waals surface area contributed by atoms with Crippen molar-refractivity contribution in [1.29, 1.82) is 0 Å². The Morgan fingerprint density at radius 2 is 1.25 bits per heavy atom. The summed E-state index contributed by atoms with van der Waals surface area (Å²) in [6.45, 7) is 4.64. The van der Waals surface area contributed by atoms with Crippen LogP contribution in [-0.2, 0) is 11.8 Å². The van der Waals surface area contributed by atoms with Crippen LogP contribution in [0.15, 0.2) is 170 Å². The predicted octanol–water partition coefficient (Wildman–Crippen LogP) is 15.2. The van der Waals surface area contributed by atoms with Crippen LogP contribution in [0.4, 0.5) is 0 Å². The molecular weight excluding hydrogens is 757 g/mol. The van der Waals surface area contributed by atoms with E-state index in [0.717, 1.165) is 17.8 Å². The Bertz CT molecular complexity index is 3740. The summed E-state index contributed by atoms with van der Waals surface area (Å²) < 4.78 is 5.02. The summed E-state index contributed by atoms with van der Waals surface area (Å²) in [5.41, 5.74) is 20.3. The molecule has 1 unspecified atom stereocenters. The second-order valence-electron chi connectivity index (χ2n) is 17.5. The van der Waals surface area contributed by atoms with Gasteiger partial charge in [-0.15, -0.1) is 11.3 Å². The molecule has 14 rings (SSSR count). The number of hydrogen-bond donors (Lipinski definition) is 0. The highest BCUT2D eigenvalue weighted by atomic mass is 32.1.